The first-order valence-electron chi connectivity index (χ1n) is 20.1. The van der Waals surface area contributed by atoms with Gasteiger partial charge in [0.15, 0.2) is 0 Å². The number of phosphoric ester groups is 1. The second kappa shape index (κ2) is 34.9. The van der Waals surface area contributed by atoms with Gasteiger partial charge in [0.25, 0.3) is 7.82 Å². The standard InChI is InChI=1S/C40H80NO6P/c1-6-8-10-12-14-16-18-20-22-24-26-28-30-32-35-44-38-40(39-47-48(42,43)46-37-34-41(3,4)5)45-36-33-31-29-27-25-23-21-19-17-15-13-11-9-7-2/h16-19,40H,6-15,20-39H2,1-5H3/b18-16-,19-17-/t40-/m1/s1. The normalized spacial score (nSPS) is 14.4. The zero-order valence-electron chi connectivity index (χ0n) is 32.4. The first-order valence-corrected chi connectivity index (χ1v) is 21.6. The van der Waals surface area contributed by atoms with Crippen LogP contribution in [0.1, 0.15) is 168 Å². The minimum absolute atomic E-state index is 0.0789. The summed E-state index contributed by atoms with van der Waals surface area (Å²) in [7, 11) is 1.59. The van der Waals surface area contributed by atoms with Gasteiger partial charge in [-0.15, -0.1) is 0 Å². The average molecular weight is 702 g/mol. The first-order chi connectivity index (χ1) is 23.2. The van der Waals surface area contributed by atoms with Crippen LogP contribution < -0.4 is 4.89 Å². The molecule has 0 aliphatic rings. The van der Waals surface area contributed by atoms with Crippen molar-refractivity contribution in [1.82, 2.24) is 0 Å². The van der Waals surface area contributed by atoms with Crippen LogP contribution in [0.15, 0.2) is 24.3 Å². The van der Waals surface area contributed by atoms with E-state index in [1.807, 2.05) is 21.1 Å². The van der Waals surface area contributed by atoms with E-state index in [4.69, 9.17) is 18.5 Å². The molecule has 0 heterocycles. The van der Waals surface area contributed by atoms with E-state index in [1.54, 1.807) is 0 Å². The number of phosphoric acid groups is 1. The second-order valence-electron chi connectivity index (χ2n) is 14.6. The predicted molar refractivity (Wildman–Crippen MR) is 203 cm³/mol. The van der Waals surface area contributed by atoms with Crippen LogP contribution in [0, 0.1) is 0 Å². The van der Waals surface area contributed by atoms with Crippen LogP contribution in [-0.2, 0) is 23.1 Å². The van der Waals surface area contributed by atoms with Gasteiger partial charge < -0.3 is 27.9 Å². The summed E-state index contributed by atoms with van der Waals surface area (Å²) in [6.45, 7) is 6.67. The number of quaternary nitrogens is 1. The zero-order valence-corrected chi connectivity index (χ0v) is 33.3. The first kappa shape index (κ1) is 47.5. The van der Waals surface area contributed by atoms with Crippen LogP contribution in [-0.4, -0.2) is 71.3 Å². The third-order valence-corrected chi connectivity index (χ3v) is 9.51. The van der Waals surface area contributed by atoms with Crippen LogP contribution in [0.5, 0.6) is 0 Å². The lowest BCUT2D eigenvalue weighted by atomic mass is 10.1. The van der Waals surface area contributed by atoms with Crippen LogP contribution in [0.2, 0.25) is 0 Å². The summed E-state index contributed by atoms with van der Waals surface area (Å²) >= 11 is 0. The molecule has 0 saturated carbocycles. The zero-order chi connectivity index (χ0) is 35.4. The molecule has 0 aliphatic heterocycles. The van der Waals surface area contributed by atoms with E-state index < -0.39 is 13.9 Å². The lowest BCUT2D eigenvalue weighted by Crippen LogP contribution is -2.37. The fourth-order valence-electron chi connectivity index (χ4n) is 5.34. The summed E-state index contributed by atoms with van der Waals surface area (Å²) < 4.78 is 35.2. The van der Waals surface area contributed by atoms with Crippen molar-refractivity contribution in [2.24, 2.45) is 0 Å². The molecule has 0 aliphatic carbocycles. The molecule has 7 nitrogen and oxygen atoms in total. The van der Waals surface area contributed by atoms with E-state index in [-0.39, 0.29) is 13.2 Å². The Morgan fingerprint density at radius 1 is 0.542 bits per heavy atom. The number of allylic oxidation sites excluding steroid dienone is 4. The van der Waals surface area contributed by atoms with Crippen molar-refractivity contribution in [3.8, 4) is 0 Å². The Kier molecular flexibility index (Phi) is 34.5. The van der Waals surface area contributed by atoms with Gasteiger partial charge in [0.2, 0.25) is 0 Å². The molecule has 0 aromatic carbocycles. The van der Waals surface area contributed by atoms with Crippen molar-refractivity contribution in [1.29, 1.82) is 0 Å². The fourth-order valence-corrected chi connectivity index (χ4v) is 6.07. The van der Waals surface area contributed by atoms with E-state index in [0.29, 0.717) is 30.8 Å². The van der Waals surface area contributed by atoms with Crippen molar-refractivity contribution in [2.75, 3.05) is 60.7 Å². The molecular formula is C40H80NO6P. The minimum Gasteiger partial charge on any atom is -0.756 e. The largest absolute Gasteiger partial charge is 0.756 e. The number of unbranched alkanes of at least 4 members (excludes halogenated alkanes) is 20. The molecule has 0 fully saturated rings. The Labute approximate surface area is 298 Å². The molecule has 0 radical (unpaired) electrons. The molecule has 0 spiro atoms. The molecule has 2 atom stereocenters. The van der Waals surface area contributed by atoms with E-state index in [2.05, 4.69) is 38.2 Å². The highest BCUT2D eigenvalue weighted by Gasteiger charge is 2.18. The summed E-state index contributed by atoms with van der Waals surface area (Å²) in [5.41, 5.74) is 0. The number of hydrogen-bond donors (Lipinski definition) is 0. The van der Waals surface area contributed by atoms with Crippen LogP contribution in [0.25, 0.3) is 0 Å². The lowest BCUT2D eigenvalue weighted by Gasteiger charge is -2.28. The van der Waals surface area contributed by atoms with Crippen LogP contribution >= 0.6 is 7.82 Å². The molecule has 48 heavy (non-hydrogen) atoms. The quantitative estimate of drug-likeness (QED) is 0.0276. The third-order valence-electron chi connectivity index (χ3n) is 8.54. The van der Waals surface area contributed by atoms with Crippen LogP contribution in [0.4, 0.5) is 0 Å². The Bertz CT molecular complexity index is 769. The van der Waals surface area contributed by atoms with E-state index in [1.165, 1.54) is 128 Å². The smallest absolute Gasteiger partial charge is 0.268 e. The second-order valence-corrected chi connectivity index (χ2v) is 16.0. The summed E-state index contributed by atoms with van der Waals surface area (Å²) in [6, 6.07) is 0. The molecule has 8 heteroatoms. The SMILES string of the molecule is CCCCCC/C=C\CCCCCCCCOC[C@H](COP(=O)([O-])OCC[N+](C)(C)C)OCCCCCCCC/C=C\CCCCCC. The molecular weight excluding hydrogens is 621 g/mol. The van der Waals surface area contributed by atoms with Crippen LogP contribution in [0.3, 0.4) is 0 Å². The average Bonchev–Trinajstić information content (AvgIpc) is 3.04. The highest BCUT2D eigenvalue weighted by Crippen LogP contribution is 2.38. The van der Waals surface area contributed by atoms with Gasteiger partial charge in [-0.3, -0.25) is 4.57 Å². The van der Waals surface area contributed by atoms with Gasteiger partial charge in [0, 0.05) is 13.2 Å². The topological polar surface area (TPSA) is 77.1 Å². The molecule has 0 aromatic heterocycles. The molecule has 286 valence electrons. The Morgan fingerprint density at radius 3 is 1.42 bits per heavy atom. The van der Waals surface area contributed by atoms with Gasteiger partial charge >= 0.3 is 0 Å². The van der Waals surface area contributed by atoms with Gasteiger partial charge in [-0.05, 0) is 64.2 Å². The Hall–Kier alpha value is -0.530. The highest BCUT2D eigenvalue weighted by molar-refractivity contribution is 7.45. The van der Waals surface area contributed by atoms with Crippen molar-refractivity contribution < 1.29 is 32.5 Å². The molecule has 0 N–H and O–H groups in total. The van der Waals surface area contributed by atoms with Gasteiger partial charge in [-0.1, -0.05) is 128 Å². The number of nitrogens with zero attached hydrogens (tertiary/aromatic N) is 1. The van der Waals surface area contributed by atoms with Crippen molar-refractivity contribution in [3.05, 3.63) is 24.3 Å². The number of ether oxygens (including phenoxy) is 2. The van der Waals surface area contributed by atoms with Crippen molar-refractivity contribution in [3.63, 3.8) is 0 Å². The molecule has 0 saturated heterocycles. The maximum atomic E-state index is 12.3. The third kappa shape index (κ3) is 38.3. The maximum absolute atomic E-state index is 12.3. The summed E-state index contributed by atoms with van der Waals surface area (Å²) in [4.78, 5) is 12.3. The molecule has 0 amide bonds. The molecule has 0 rings (SSSR count). The number of hydrogen-bond acceptors (Lipinski definition) is 6. The van der Waals surface area contributed by atoms with E-state index >= 15 is 0 Å². The molecule has 0 aromatic rings. The summed E-state index contributed by atoms with van der Waals surface area (Å²) in [5, 5.41) is 0. The predicted octanol–water partition coefficient (Wildman–Crippen LogP) is 11.1. The summed E-state index contributed by atoms with van der Waals surface area (Å²) in [6.07, 6.45) is 38.8. The molecule has 1 unspecified atom stereocenters. The van der Waals surface area contributed by atoms with E-state index in [9.17, 15) is 9.46 Å². The minimum atomic E-state index is -4.39. The number of rotatable bonds is 38. The Balaban J connectivity index is 4.16. The maximum Gasteiger partial charge on any atom is 0.268 e. The van der Waals surface area contributed by atoms with Gasteiger partial charge in [0.05, 0.1) is 34.4 Å². The lowest BCUT2D eigenvalue weighted by molar-refractivity contribution is -0.870. The van der Waals surface area contributed by atoms with Crippen molar-refractivity contribution in [2.45, 2.75) is 174 Å². The highest BCUT2D eigenvalue weighted by atomic mass is 31.2. The number of likely N-dealkylation sites (N-methyl/N-ethyl adjacent to an activating group) is 1. The Morgan fingerprint density at radius 2 is 0.958 bits per heavy atom. The molecule has 0 bridgehead atoms. The van der Waals surface area contributed by atoms with Gasteiger partial charge in [-0.2, -0.15) is 0 Å². The monoisotopic (exact) mass is 702 g/mol. The van der Waals surface area contributed by atoms with Gasteiger partial charge in [0.1, 0.15) is 19.3 Å². The van der Waals surface area contributed by atoms with Gasteiger partial charge in [-0.25, -0.2) is 0 Å². The van der Waals surface area contributed by atoms with E-state index in [0.717, 1.165) is 25.7 Å². The fraction of sp³-hybridized carbons (Fsp3) is 0.900. The summed E-state index contributed by atoms with van der Waals surface area (Å²) in [5.74, 6) is 0. The van der Waals surface area contributed by atoms with Crippen molar-refractivity contribution >= 4 is 7.82 Å².